The smallest absolute Gasteiger partial charge is 0.253 e. The Hall–Kier alpha value is -2.55. The van der Waals surface area contributed by atoms with E-state index in [0.29, 0.717) is 35.3 Å². The van der Waals surface area contributed by atoms with E-state index in [1.54, 1.807) is 18.2 Å². The maximum Gasteiger partial charge on any atom is 0.253 e. The fourth-order valence-electron chi connectivity index (χ4n) is 4.26. The van der Waals surface area contributed by atoms with Gasteiger partial charge in [0.2, 0.25) is 0 Å². The fourth-order valence-corrected chi connectivity index (χ4v) is 4.48. The number of carbonyl (C=O) groups excluding carboxylic acids is 1. The standard InChI is InChI=1S/C24H26ClN3O2/c25-23-15-22(6-5-20(23)16-26)30-21-9-13-28(14-10-21)24(29)19-3-1-17(2-4-19)18-7-11-27-12-8-18/h1-6,15,18,21,27H,7-14H2. The van der Waals surface area contributed by atoms with Crippen molar-refractivity contribution in [1.82, 2.24) is 10.2 Å². The van der Waals surface area contributed by atoms with Gasteiger partial charge in [-0.1, -0.05) is 23.7 Å². The predicted molar refractivity (Wildman–Crippen MR) is 117 cm³/mol. The van der Waals surface area contributed by atoms with E-state index >= 15 is 0 Å². The molecule has 1 amide bonds. The van der Waals surface area contributed by atoms with Gasteiger partial charge in [0.15, 0.2) is 0 Å². The zero-order chi connectivity index (χ0) is 20.9. The highest BCUT2D eigenvalue weighted by Gasteiger charge is 2.25. The Balaban J connectivity index is 1.31. The van der Waals surface area contributed by atoms with E-state index in [4.69, 9.17) is 21.6 Å². The van der Waals surface area contributed by atoms with Gasteiger partial charge in [-0.25, -0.2) is 0 Å². The van der Waals surface area contributed by atoms with E-state index in [0.717, 1.165) is 44.3 Å². The van der Waals surface area contributed by atoms with Gasteiger partial charge in [-0.15, -0.1) is 0 Å². The van der Waals surface area contributed by atoms with Crippen molar-refractivity contribution in [3.63, 3.8) is 0 Å². The lowest BCUT2D eigenvalue weighted by atomic mass is 9.90. The number of rotatable bonds is 4. The molecule has 2 aromatic rings. The number of carbonyl (C=O) groups is 1. The third kappa shape index (κ3) is 4.77. The third-order valence-electron chi connectivity index (χ3n) is 6.06. The number of amides is 1. The summed E-state index contributed by atoms with van der Waals surface area (Å²) < 4.78 is 6.02. The lowest BCUT2D eigenvalue weighted by molar-refractivity contribution is 0.0595. The quantitative estimate of drug-likeness (QED) is 0.793. The van der Waals surface area contributed by atoms with Crippen LogP contribution in [-0.2, 0) is 0 Å². The van der Waals surface area contributed by atoms with Crippen molar-refractivity contribution in [2.24, 2.45) is 0 Å². The van der Waals surface area contributed by atoms with Gasteiger partial charge in [0, 0.05) is 37.6 Å². The van der Waals surface area contributed by atoms with Crippen LogP contribution in [0.3, 0.4) is 0 Å². The van der Waals surface area contributed by atoms with Crippen LogP contribution in [0.4, 0.5) is 0 Å². The van der Waals surface area contributed by atoms with Crippen molar-refractivity contribution < 1.29 is 9.53 Å². The molecule has 0 radical (unpaired) electrons. The number of halogens is 1. The molecule has 0 atom stereocenters. The summed E-state index contributed by atoms with van der Waals surface area (Å²) in [6, 6.07) is 15.4. The predicted octanol–water partition coefficient (Wildman–Crippen LogP) is 4.36. The van der Waals surface area contributed by atoms with E-state index in [9.17, 15) is 4.79 Å². The Morgan fingerprint density at radius 1 is 1.07 bits per heavy atom. The molecule has 2 aliphatic rings. The van der Waals surface area contributed by atoms with Crippen molar-refractivity contribution in [3.05, 3.63) is 64.2 Å². The molecule has 0 unspecified atom stereocenters. The number of ether oxygens (including phenoxy) is 1. The average Bonchev–Trinajstić information content (AvgIpc) is 2.80. The Labute approximate surface area is 182 Å². The van der Waals surface area contributed by atoms with Crippen LogP contribution in [-0.4, -0.2) is 43.1 Å². The number of hydrogen-bond acceptors (Lipinski definition) is 4. The zero-order valence-corrected chi connectivity index (χ0v) is 17.7. The van der Waals surface area contributed by atoms with Crippen molar-refractivity contribution in [2.75, 3.05) is 26.2 Å². The molecule has 0 spiro atoms. The number of hydrogen-bond donors (Lipinski definition) is 1. The molecule has 2 aliphatic heterocycles. The molecule has 6 heteroatoms. The van der Waals surface area contributed by atoms with Crippen molar-refractivity contribution in [3.8, 4) is 11.8 Å². The maximum atomic E-state index is 12.9. The summed E-state index contributed by atoms with van der Waals surface area (Å²) in [4.78, 5) is 14.8. The van der Waals surface area contributed by atoms with Gasteiger partial charge < -0.3 is 15.0 Å². The molecule has 2 saturated heterocycles. The molecular formula is C24H26ClN3O2. The lowest BCUT2D eigenvalue weighted by Crippen LogP contribution is -2.41. The first-order valence-corrected chi connectivity index (χ1v) is 11.0. The summed E-state index contributed by atoms with van der Waals surface area (Å²) in [6.07, 6.45) is 3.91. The monoisotopic (exact) mass is 423 g/mol. The van der Waals surface area contributed by atoms with Crippen LogP contribution < -0.4 is 10.1 Å². The van der Waals surface area contributed by atoms with Crippen molar-refractivity contribution >= 4 is 17.5 Å². The molecule has 156 valence electrons. The van der Waals surface area contributed by atoms with Gasteiger partial charge in [-0.3, -0.25) is 4.79 Å². The van der Waals surface area contributed by atoms with Crippen LogP contribution in [0.1, 0.15) is 53.1 Å². The maximum absolute atomic E-state index is 12.9. The summed E-state index contributed by atoms with van der Waals surface area (Å²) >= 11 is 6.08. The van der Waals surface area contributed by atoms with E-state index in [1.165, 1.54) is 5.56 Å². The number of benzene rings is 2. The zero-order valence-electron chi connectivity index (χ0n) is 16.9. The molecule has 0 aliphatic carbocycles. The first-order valence-electron chi connectivity index (χ1n) is 10.6. The Morgan fingerprint density at radius 2 is 1.77 bits per heavy atom. The van der Waals surface area contributed by atoms with Crippen LogP contribution in [0.15, 0.2) is 42.5 Å². The van der Waals surface area contributed by atoms with E-state index in [-0.39, 0.29) is 12.0 Å². The molecule has 0 bridgehead atoms. The lowest BCUT2D eigenvalue weighted by Gasteiger charge is -2.32. The van der Waals surface area contributed by atoms with Gasteiger partial charge in [-0.2, -0.15) is 5.26 Å². The molecule has 1 N–H and O–H groups in total. The number of likely N-dealkylation sites (tertiary alicyclic amines) is 1. The molecule has 5 nitrogen and oxygen atoms in total. The minimum Gasteiger partial charge on any atom is -0.490 e. The number of piperidine rings is 2. The summed E-state index contributed by atoms with van der Waals surface area (Å²) in [5.41, 5.74) is 2.53. The van der Waals surface area contributed by atoms with Crippen LogP contribution in [0.5, 0.6) is 5.75 Å². The molecule has 2 heterocycles. The molecular weight excluding hydrogens is 398 g/mol. The largest absolute Gasteiger partial charge is 0.490 e. The Kier molecular flexibility index (Phi) is 6.56. The van der Waals surface area contributed by atoms with E-state index in [2.05, 4.69) is 17.4 Å². The second-order valence-electron chi connectivity index (χ2n) is 8.01. The fraction of sp³-hybridized carbons (Fsp3) is 0.417. The molecule has 4 rings (SSSR count). The minimum absolute atomic E-state index is 0.0420. The molecule has 0 aromatic heterocycles. The molecule has 2 fully saturated rings. The highest BCUT2D eigenvalue weighted by Crippen LogP contribution is 2.27. The summed E-state index contributed by atoms with van der Waals surface area (Å²) in [7, 11) is 0. The van der Waals surface area contributed by atoms with E-state index in [1.807, 2.05) is 23.1 Å². The number of nitrogens with zero attached hydrogens (tertiary/aromatic N) is 2. The normalized spacial score (nSPS) is 18.1. The Morgan fingerprint density at radius 3 is 2.40 bits per heavy atom. The van der Waals surface area contributed by atoms with Crippen LogP contribution >= 0.6 is 11.6 Å². The topological polar surface area (TPSA) is 65.4 Å². The molecule has 30 heavy (non-hydrogen) atoms. The van der Waals surface area contributed by atoms with E-state index < -0.39 is 0 Å². The molecule has 2 aromatic carbocycles. The number of nitriles is 1. The van der Waals surface area contributed by atoms with Crippen LogP contribution in [0.25, 0.3) is 0 Å². The summed E-state index contributed by atoms with van der Waals surface area (Å²) in [5.74, 6) is 1.35. The van der Waals surface area contributed by atoms with Gasteiger partial charge in [0.25, 0.3) is 5.91 Å². The van der Waals surface area contributed by atoms with Crippen molar-refractivity contribution in [2.45, 2.75) is 37.7 Å². The highest BCUT2D eigenvalue weighted by molar-refractivity contribution is 6.31. The average molecular weight is 424 g/mol. The van der Waals surface area contributed by atoms with Gasteiger partial charge >= 0.3 is 0 Å². The van der Waals surface area contributed by atoms with Crippen LogP contribution in [0.2, 0.25) is 5.02 Å². The highest BCUT2D eigenvalue weighted by atomic mass is 35.5. The SMILES string of the molecule is N#Cc1ccc(OC2CCN(C(=O)c3ccc(C4CCNCC4)cc3)CC2)cc1Cl. The third-order valence-corrected chi connectivity index (χ3v) is 6.37. The first kappa shape index (κ1) is 20.7. The second-order valence-corrected chi connectivity index (χ2v) is 8.42. The second kappa shape index (κ2) is 9.51. The van der Waals surface area contributed by atoms with Gasteiger partial charge in [0.1, 0.15) is 17.9 Å². The van der Waals surface area contributed by atoms with Gasteiger partial charge in [-0.05, 0) is 61.7 Å². The summed E-state index contributed by atoms with van der Waals surface area (Å²) in [6.45, 7) is 3.47. The Bertz CT molecular complexity index is 924. The minimum atomic E-state index is 0.0420. The number of nitrogens with one attached hydrogen (secondary N) is 1. The van der Waals surface area contributed by atoms with Crippen LogP contribution in [0, 0.1) is 11.3 Å². The molecule has 0 saturated carbocycles. The van der Waals surface area contributed by atoms with Crippen molar-refractivity contribution in [1.29, 1.82) is 5.26 Å². The van der Waals surface area contributed by atoms with Gasteiger partial charge in [0.05, 0.1) is 10.6 Å². The first-order chi connectivity index (χ1) is 14.6. The summed E-state index contributed by atoms with van der Waals surface area (Å²) in [5, 5.41) is 12.8.